The van der Waals surface area contributed by atoms with Crippen molar-refractivity contribution in [2.24, 2.45) is 0 Å². The van der Waals surface area contributed by atoms with E-state index < -0.39 is 11.9 Å². The summed E-state index contributed by atoms with van der Waals surface area (Å²) >= 11 is 0. The fourth-order valence-corrected chi connectivity index (χ4v) is 0.528. The third-order valence-corrected chi connectivity index (χ3v) is 1.21. The third-order valence-electron chi connectivity index (χ3n) is 1.21. The highest BCUT2D eigenvalue weighted by atomic mass is 19.3. The van der Waals surface area contributed by atoms with Crippen molar-refractivity contribution >= 4 is 0 Å². The Morgan fingerprint density at radius 1 is 1.09 bits per heavy atom. The van der Waals surface area contributed by atoms with Gasteiger partial charge in [-0.3, -0.25) is 0 Å². The Bertz CT molecular complexity index is 154. The highest BCUT2D eigenvalue weighted by Gasteiger charge is 2.11. The predicted octanol–water partition coefficient (Wildman–Crippen LogP) is 2.16. The summed E-state index contributed by atoms with van der Waals surface area (Å²) in [5.74, 6) is -1.29. The maximum absolute atomic E-state index is 12.2. The molecule has 0 aromatic heterocycles. The van der Waals surface area contributed by atoms with E-state index >= 15 is 0 Å². The van der Waals surface area contributed by atoms with Crippen LogP contribution in [-0.2, 0) is 0 Å². The first kappa shape index (κ1) is 10.5. The van der Waals surface area contributed by atoms with Crippen LogP contribution in [0.15, 0.2) is 11.9 Å². The first-order chi connectivity index (χ1) is 4.83. The molecule has 0 rings (SSSR count). The zero-order chi connectivity index (χ0) is 9.07. The van der Waals surface area contributed by atoms with Gasteiger partial charge in [-0.05, 0) is 0 Å². The van der Waals surface area contributed by atoms with E-state index in [9.17, 15) is 13.2 Å². The van der Waals surface area contributed by atoms with Gasteiger partial charge in [0.25, 0.3) is 0 Å². The van der Waals surface area contributed by atoms with Crippen molar-refractivity contribution < 1.29 is 17.7 Å². The van der Waals surface area contributed by atoms with Gasteiger partial charge in [0.1, 0.15) is 0 Å². The molecule has 0 radical (unpaired) electrons. The molecule has 0 aliphatic heterocycles. The first-order valence-corrected chi connectivity index (χ1v) is 3.33. The minimum atomic E-state index is -2.20. The summed E-state index contributed by atoms with van der Waals surface area (Å²) in [6.45, 7) is 0.378. The lowest BCUT2D eigenvalue weighted by molar-refractivity contribution is -0.870. The molecule has 0 atom stereocenters. The molecule has 0 amide bonds. The van der Waals surface area contributed by atoms with E-state index in [-0.39, 0.29) is 6.42 Å². The SMILES string of the molecule is C[N+](C)(C)CCC(F)=C(F)F. The summed E-state index contributed by atoms with van der Waals surface area (Å²) < 4.78 is 35.7. The largest absolute Gasteiger partial charge is 0.331 e. The summed E-state index contributed by atoms with van der Waals surface area (Å²) in [6, 6.07) is 0. The van der Waals surface area contributed by atoms with Crippen LogP contribution in [0.3, 0.4) is 0 Å². The molecule has 0 saturated heterocycles. The summed E-state index contributed by atoms with van der Waals surface area (Å²) in [6.07, 6.45) is -2.38. The Morgan fingerprint density at radius 2 is 1.55 bits per heavy atom. The molecule has 4 heteroatoms. The number of nitrogens with zero attached hydrogens (tertiary/aromatic N) is 1. The smallest absolute Gasteiger partial charge is 0.301 e. The van der Waals surface area contributed by atoms with Crippen molar-refractivity contribution in [2.45, 2.75) is 6.42 Å². The van der Waals surface area contributed by atoms with Crippen molar-refractivity contribution in [3.8, 4) is 0 Å². The highest BCUT2D eigenvalue weighted by molar-refractivity contribution is 4.90. The Morgan fingerprint density at radius 3 is 1.82 bits per heavy atom. The fourth-order valence-electron chi connectivity index (χ4n) is 0.528. The number of hydrogen-bond acceptors (Lipinski definition) is 0. The van der Waals surface area contributed by atoms with Crippen LogP contribution in [0, 0.1) is 0 Å². The van der Waals surface area contributed by atoms with Gasteiger partial charge < -0.3 is 4.48 Å². The van der Waals surface area contributed by atoms with Gasteiger partial charge in [-0.15, -0.1) is 0 Å². The van der Waals surface area contributed by atoms with Gasteiger partial charge in [0, 0.05) is 0 Å². The van der Waals surface area contributed by atoms with Crippen molar-refractivity contribution in [1.82, 2.24) is 0 Å². The van der Waals surface area contributed by atoms with E-state index in [1.165, 1.54) is 0 Å². The van der Waals surface area contributed by atoms with Gasteiger partial charge in [0.2, 0.25) is 0 Å². The predicted molar refractivity (Wildman–Crippen MR) is 37.9 cm³/mol. The maximum atomic E-state index is 12.2. The van der Waals surface area contributed by atoms with Gasteiger partial charge in [0.05, 0.1) is 34.1 Å². The molecule has 0 saturated carbocycles. The molecule has 0 aromatic rings. The van der Waals surface area contributed by atoms with Crippen molar-refractivity contribution in [3.05, 3.63) is 11.9 Å². The molecule has 0 aliphatic carbocycles. The second kappa shape index (κ2) is 3.76. The lowest BCUT2D eigenvalue weighted by atomic mass is 10.3. The summed E-state index contributed by atoms with van der Waals surface area (Å²) in [5, 5.41) is 0. The summed E-state index contributed by atoms with van der Waals surface area (Å²) in [5.41, 5.74) is 0. The van der Waals surface area contributed by atoms with Gasteiger partial charge in [-0.1, -0.05) is 0 Å². The zero-order valence-electron chi connectivity index (χ0n) is 7.00. The molecule has 0 N–H and O–H groups in total. The van der Waals surface area contributed by atoms with Gasteiger partial charge in [-0.2, -0.15) is 8.78 Å². The van der Waals surface area contributed by atoms with Crippen LogP contribution in [0.4, 0.5) is 13.2 Å². The van der Waals surface area contributed by atoms with Gasteiger partial charge >= 0.3 is 6.08 Å². The van der Waals surface area contributed by atoms with E-state index in [1.807, 2.05) is 21.1 Å². The molecule has 0 aromatic carbocycles. The van der Waals surface area contributed by atoms with E-state index in [0.29, 0.717) is 11.0 Å². The molecule has 1 nitrogen and oxygen atoms in total. The number of quaternary nitrogens is 1. The third kappa shape index (κ3) is 5.91. The fraction of sp³-hybridized carbons (Fsp3) is 0.714. The van der Waals surface area contributed by atoms with Crippen LogP contribution >= 0.6 is 0 Å². The molecule has 0 aliphatic rings. The Balaban J connectivity index is 3.82. The van der Waals surface area contributed by atoms with E-state index in [1.54, 1.807) is 0 Å². The standard InChI is InChI=1S/C7H13F3N/c1-11(2,3)5-4-6(8)7(9)10/h4-5H2,1-3H3/q+1. The highest BCUT2D eigenvalue weighted by Crippen LogP contribution is 2.13. The second-order valence-corrected chi connectivity index (χ2v) is 3.43. The quantitative estimate of drug-likeness (QED) is 0.566. The van der Waals surface area contributed by atoms with Crippen LogP contribution in [-0.4, -0.2) is 32.2 Å². The first-order valence-electron chi connectivity index (χ1n) is 3.33. The van der Waals surface area contributed by atoms with Crippen LogP contribution in [0.5, 0.6) is 0 Å². The second-order valence-electron chi connectivity index (χ2n) is 3.43. The van der Waals surface area contributed by atoms with Crippen LogP contribution in [0.1, 0.15) is 6.42 Å². The molecule has 0 unspecified atom stereocenters. The molecule has 0 fully saturated rings. The topological polar surface area (TPSA) is 0 Å². The Kier molecular flexibility index (Phi) is 3.58. The average molecular weight is 168 g/mol. The Labute approximate surface area is 64.7 Å². The number of halogens is 3. The molecule has 66 valence electrons. The lowest BCUT2D eigenvalue weighted by Gasteiger charge is -2.22. The number of rotatable bonds is 3. The van der Waals surface area contributed by atoms with Gasteiger partial charge in [0.15, 0.2) is 5.83 Å². The monoisotopic (exact) mass is 168 g/mol. The molecule has 0 heterocycles. The normalized spacial score (nSPS) is 11.5. The minimum Gasteiger partial charge on any atom is -0.331 e. The Hall–Kier alpha value is -0.510. The number of hydrogen-bond donors (Lipinski definition) is 0. The van der Waals surface area contributed by atoms with Crippen molar-refractivity contribution in [1.29, 1.82) is 0 Å². The average Bonchev–Trinajstić information content (AvgIpc) is 1.80. The van der Waals surface area contributed by atoms with E-state index in [0.717, 1.165) is 0 Å². The molecular weight excluding hydrogens is 155 g/mol. The summed E-state index contributed by atoms with van der Waals surface area (Å²) in [7, 11) is 5.47. The molecule has 0 bridgehead atoms. The lowest BCUT2D eigenvalue weighted by Crippen LogP contribution is -2.35. The zero-order valence-corrected chi connectivity index (χ0v) is 7.00. The van der Waals surface area contributed by atoms with Crippen molar-refractivity contribution in [3.63, 3.8) is 0 Å². The molecular formula is C7H13F3N+. The van der Waals surface area contributed by atoms with E-state index in [2.05, 4.69) is 0 Å². The van der Waals surface area contributed by atoms with Crippen LogP contribution < -0.4 is 0 Å². The minimum absolute atomic E-state index is 0.189. The van der Waals surface area contributed by atoms with Crippen molar-refractivity contribution in [2.75, 3.05) is 27.7 Å². The molecule has 11 heavy (non-hydrogen) atoms. The van der Waals surface area contributed by atoms with Crippen LogP contribution in [0.25, 0.3) is 0 Å². The van der Waals surface area contributed by atoms with Crippen LogP contribution in [0.2, 0.25) is 0 Å². The summed E-state index contributed by atoms with van der Waals surface area (Å²) in [4.78, 5) is 0. The molecule has 0 spiro atoms. The van der Waals surface area contributed by atoms with E-state index in [4.69, 9.17) is 0 Å². The van der Waals surface area contributed by atoms with Gasteiger partial charge in [-0.25, -0.2) is 4.39 Å². The maximum Gasteiger partial charge on any atom is 0.301 e.